The molecule has 4 aliphatic heterocycles. The second kappa shape index (κ2) is 30.9. The number of aliphatic hydroxyl groups is 8. The summed E-state index contributed by atoms with van der Waals surface area (Å²) in [6, 6.07) is 3.45. The van der Waals surface area contributed by atoms with Crippen molar-refractivity contribution >= 4 is 23.5 Å². The predicted molar refractivity (Wildman–Crippen MR) is 301 cm³/mol. The molecule has 494 valence electrons. The first-order valence-electron chi connectivity index (χ1n) is 30.9. The van der Waals surface area contributed by atoms with Gasteiger partial charge in [0.05, 0.1) is 50.0 Å². The number of carbonyl (C=O) groups excluding carboxylic acids is 4. The molecule has 3 amide bonds. The van der Waals surface area contributed by atoms with E-state index in [4.69, 9.17) is 33.2 Å². The minimum absolute atomic E-state index is 0.0427. The molecule has 3 aromatic rings. The van der Waals surface area contributed by atoms with Gasteiger partial charge < -0.3 is 89.5 Å². The van der Waals surface area contributed by atoms with Crippen LogP contribution in [0.5, 0.6) is 0 Å². The predicted octanol–water partition coefficient (Wildman–Crippen LogP) is 0.404. The fourth-order valence-corrected chi connectivity index (χ4v) is 13.1. The van der Waals surface area contributed by atoms with E-state index in [-0.39, 0.29) is 67.7 Å². The molecule has 26 nitrogen and oxygen atoms in total. The van der Waals surface area contributed by atoms with Crippen molar-refractivity contribution < 1.29 is 106 Å². The van der Waals surface area contributed by atoms with Gasteiger partial charge in [-0.3, -0.25) is 24.2 Å². The van der Waals surface area contributed by atoms with Crippen molar-refractivity contribution in [2.75, 3.05) is 32.8 Å². The number of Topliss-reactive ketones (excluding diaryl/α,β-unsaturated/α-hetero) is 1. The number of benzene rings is 1. The number of aliphatic hydroxyl groups excluding tert-OH is 8. The first-order valence-corrected chi connectivity index (χ1v) is 30.9. The van der Waals surface area contributed by atoms with Gasteiger partial charge in [0.2, 0.25) is 5.91 Å². The Bertz CT molecular complexity index is 2800. The van der Waals surface area contributed by atoms with E-state index in [0.717, 1.165) is 49.4 Å². The van der Waals surface area contributed by atoms with Crippen LogP contribution >= 0.6 is 0 Å². The highest BCUT2D eigenvalue weighted by Gasteiger charge is 2.54. The first-order chi connectivity index (χ1) is 42.7. The molecule has 8 unspecified atom stereocenters. The molecular formula is C60H84F3N7O19. The van der Waals surface area contributed by atoms with Crippen LogP contribution in [0.25, 0.3) is 11.3 Å². The number of rotatable bonds is 25. The van der Waals surface area contributed by atoms with Crippen molar-refractivity contribution in [1.82, 2.24) is 35.5 Å². The number of nitrogens with zero attached hydrogens (tertiary/aromatic N) is 5. The number of amides is 3. The highest BCUT2D eigenvalue weighted by molar-refractivity contribution is 5.83. The van der Waals surface area contributed by atoms with Crippen molar-refractivity contribution in [2.24, 2.45) is 17.8 Å². The van der Waals surface area contributed by atoms with E-state index < -0.39 is 171 Å². The number of ether oxygens (including phenoxy) is 7. The molecule has 6 heterocycles. The molecule has 29 heteroatoms. The van der Waals surface area contributed by atoms with Crippen LogP contribution in [0, 0.1) is 35.2 Å². The second-order valence-corrected chi connectivity index (χ2v) is 24.3. The lowest BCUT2D eigenvalue weighted by atomic mass is 9.74. The number of nitrogens with one attached hydrogen (secondary N) is 2. The number of aromatic nitrogens is 4. The lowest BCUT2D eigenvalue weighted by molar-refractivity contribution is -0.338. The molecule has 4 saturated heterocycles. The van der Waals surface area contributed by atoms with Crippen LogP contribution in [0.3, 0.4) is 0 Å². The summed E-state index contributed by atoms with van der Waals surface area (Å²) < 4.78 is 87.6. The van der Waals surface area contributed by atoms with E-state index >= 15 is 0 Å². The van der Waals surface area contributed by atoms with Crippen LogP contribution in [-0.4, -0.2) is 232 Å². The number of carbonyl (C=O) groups is 4. The van der Waals surface area contributed by atoms with Gasteiger partial charge in [0.25, 0.3) is 11.8 Å². The van der Waals surface area contributed by atoms with Crippen LogP contribution in [-0.2, 0) is 58.9 Å². The zero-order valence-electron chi connectivity index (χ0n) is 49.9. The topological polar surface area (TPSA) is 366 Å². The zero-order valence-corrected chi connectivity index (χ0v) is 49.9. The maximum atomic E-state index is 14.6. The summed E-state index contributed by atoms with van der Waals surface area (Å²) in [6.07, 6.45) is -15.9. The number of ketones is 1. The Morgan fingerprint density at radius 3 is 2.19 bits per heavy atom. The summed E-state index contributed by atoms with van der Waals surface area (Å²) >= 11 is 0. The third kappa shape index (κ3) is 16.0. The van der Waals surface area contributed by atoms with E-state index in [1.54, 1.807) is 23.1 Å². The number of hydrogen-bond acceptors (Lipinski definition) is 22. The molecule has 2 aliphatic carbocycles. The van der Waals surface area contributed by atoms with Crippen molar-refractivity contribution in [3.05, 3.63) is 65.9 Å². The molecule has 6 fully saturated rings. The van der Waals surface area contributed by atoms with Crippen LogP contribution in [0.1, 0.15) is 110 Å². The maximum absolute atomic E-state index is 14.6. The van der Waals surface area contributed by atoms with Crippen molar-refractivity contribution in [3.8, 4) is 11.3 Å². The average Bonchev–Trinajstić information content (AvgIpc) is 1.94. The quantitative estimate of drug-likeness (QED) is 0.0405. The molecule has 89 heavy (non-hydrogen) atoms. The summed E-state index contributed by atoms with van der Waals surface area (Å²) in [7, 11) is 0. The van der Waals surface area contributed by atoms with Crippen LogP contribution in [0.4, 0.5) is 13.2 Å². The Kier molecular flexibility index (Phi) is 23.7. The molecule has 10 N–H and O–H groups in total. The van der Waals surface area contributed by atoms with E-state index in [0.29, 0.717) is 43.8 Å². The van der Waals surface area contributed by atoms with Crippen LogP contribution in [0.15, 0.2) is 42.7 Å². The smallest absolute Gasteiger partial charge is 0.251 e. The molecule has 2 aromatic heterocycles. The summed E-state index contributed by atoms with van der Waals surface area (Å²) in [4.78, 5) is 62.2. The maximum Gasteiger partial charge on any atom is 0.251 e. The molecule has 0 bridgehead atoms. The molecule has 0 spiro atoms. The Morgan fingerprint density at radius 2 is 1.54 bits per heavy atom. The molecular weight excluding hydrogens is 1180 g/mol. The lowest BCUT2D eigenvalue weighted by Gasteiger charge is -2.49. The third-order valence-electron chi connectivity index (χ3n) is 18.2. The SMILES string of the molecule is CC[C@@H]1CC(C(=O)CCCNC(=O)[C@@H](OCc2ccccn2)[C@@H]2OC(CO)[C@H](O)[C@@H](n3cc(-c4cc(F)c(F)c(F)c4)nn3)C2O)C[C@@H](O[C@@H]2O[C@@H](CO)[C@H](O)C(O[C@@H](CC3CCCCC3)C(=O)N3CCC3)C2NC(C)=O)C1OC1O[C@@H](C)[C@H](O)C(O)[C@@H]1O. The minimum atomic E-state index is -1.85. The van der Waals surface area contributed by atoms with E-state index in [2.05, 4.69) is 25.9 Å². The van der Waals surface area contributed by atoms with Gasteiger partial charge in [0.1, 0.15) is 90.7 Å². The Balaban J connectivity index is 0.931. The lowest BCUT2D eigenvalue weighted by Crippen LogP contribution is -2.67. The number of hydrogen-bond donors (Lipinski definition) is 10. The normalized spacial score (nSPS) is 34.3. The van der Waals surface area contributed by atoms with Gasteiger partial charge in [-0.15, -0.1) is 5.10 Å². The summed E-state index contributed by atoms with van der Waals surface area (Å²) in [5, 5.41) is 102. The Morgan fingerprint density at radius 1 is 0.820 bits per heavy atom. The van der Waals surface area contributed by atoms with Crippen molar-refractivity contribution in [1.29, 1.82) is 0 Å². The highest BCUT2D eigenvalue weighted by atomic mass is 19.2. The fraction of sp³-hybridized carbons (Fsp3) is 0.717. The van der Waals surface area contributed by atoms with Gasteiger partial charge in [0, 0.05) is 50.7 Å². The van der Waals surface area contributed by atoms with Crippen molar-refractivity contribution in [3.63, 3.8) is 0 Å². The summed E-state index contributed by atoms with van der Waals surface area (Å²) in [6.45, 7) is 3.61. The van der Waals surface area contributed by atoms with Gasteiger partial charge >= 0.3 is 0 Å². The fourth-order valence-electron chi connectivity index (χ4n) is 13.1. The minimum Gasteiger partial charge on any atom is -0.394 e. The van der Waals surface area contributed by atoms with Gasteiger partial charge in [-0.1, -0.05) is 56.7 Å². The first kappa shape index (κ1) is 68.2. The van der Waals surface area contributed by atoms with Crippen molar-refractivity contribution in [2.45, 2.75) is 221 Å². The monoisotopic (exact) mass is 1260 g/mol. The zero-order chi connectivity index (χ0) is 63.8. The van der Waals surface area contributed by atoms with Gasteiger partial charge in [-0.25, -0.2) is 17.9 Å². The second-order valence-electron chi connectivity index (χ2n) is 24.3. The standard InChI is InChI=1S/C60H84F3N7O19/c1-4-32-21-34(39(74)15-10-17-65-57(81)56(83-28-35-14-8-9-16-64-35)55-50(78)46(48(76)42(26-71)86-55)70-25-38(67-68-70)33-22-36(61)44(63)37(62)23-33)24-40(53(32)89-60-52(80)51(79)47(75)29(2)84-60)87-59-45(66-30(3)73)54(49(77)43(27-72)88-59)85-41(58(82)69-18-11-19-69)20-31-12-6-5-7-13-31/h8-9,14,16,22-23,25,29,31-32,34,40-43,45-56,59-60,71-72,75-80H,4-7,10-13,15,17-21,24,26-28H2,1-3H3,(H,65,81)(H,66,73)/t29-,32+,34?,40+,41-,42?,43-,45?,46+,47-,48-,49-,50?,51?,52-,53?,54?,55+,56-,59+,60?/m0/s1. The number of pyridine rings is 1. The molecule has 1 aromatic carbocycles. The Hall–Kier alpha value is -5.22. The molecule has 0 radical (unpaired) electrons. The van der Waals surface area contributed by atoms with Gasteiger partial charge in [-0.2, -0.15) is 0 Å². The van der Waals surface area contributed by atoms with E-state index in [9.17, 15) is 73.2 Å². The van der Waals surface area contributed by atoms with Crippen LogP contribution < -0.4 is 10.6 Å². The van der Waals surface area contributed by atoms with E-state index in [1.165, 1.54) is 20.0 Å². The van der Waals surface area contributed by atoms with Crippen LogP contribution in [0.2, 0.25) is 0 Å². The van der Waals surface area contributed by atoms with E-state index in [1.807, 2.05) is 6.92 Å². The molecule has 6 aliphatic rings. The Labute approximate surface area is 512 Å². The molecule has 2 saturated carbocycles. The summed E-state index contributed by atoms with van der Waals surface area (Å²) in [5.41, 5.74) is -0.0483. The highest BCUT2D eigenvalue weighted by Crippen LogP contribution is 2.41. The number of likely N-dealkylation sites (tertiary alicyclic amines) is 1. The average molecular weight is 1260 g/mol. The third-order valence-corrected chi connectivity index (χ3v) is 18.2. The van der Waals surface area contributed by atoms with Gasteiger partial charge in [0.15, 0.2) is 36.1 Å². The molecule has 9 rings (SSSR count). The van der Waals surface area contributed by atoms with Gasteiger partial charge in [-0.05, 0) is 75.1 Å². The summed E-state index contributed by atoms with van der Waals surface area (Å²) in [5.74, 6) is -7.85. The molecule has 21 atom stereocenters. The largest absolute Gasteiger partial charge is 0.394 e. The number of halogens is 3.